The molecule has 16 heavy (non-hydrogen) atoms. The molecule has 0 unspecified atom stereocenters. The summed E-state index contributed by atoms with van der Waals surface area (Å²) in [5.74, 6) is 1.44. The minimum Gasteiger partial charge on any atom is -0.339 e. The van der Waals surface area contributed by atoms with E-state index in [2.05, 4.69) is 15.2 Å². The summed E-state index contributed by atoms with van der Waals surface area (Å²) in [7, 11) is 1.85. The Balaban J connectivity index is 0.000000606. The van der Waals surface area contributed by atoms with E-state index < -0.39 is 0 Å². The summed E-state index contributed by atoms with van der Waals surface area (Å²) in [5.41, 5.74) is 0.739. The fourth-order valence-electron chi connectivity index (χ4n) is 1.11. The van der Waals surface area contributed by atoms with Crippen molar-refractivity contribution in [3.63, 3.8) is 0 Å². The van der Waals surface area contributed by atoms with Gasteiger partial charge in [-0.25, -0.2) is 0 Å². The summed E-state index contributed by atoms with van der Waals surface area (Å²) in [6, 6.07) is 1.86. The quantitative estimate of drug-likeness (QED) is 0.783. The third-order valence-corrected chi connectivity index (χ3v) is 1.88. The van der Waals surface area contributed by atoms with Crippen molar-refractivity contribution < 1.29 is 4.52 Å². The van der Waals surface area contributed by atoms with Crippen molar-refractivity contribution in [2.24, 2.45) is 7.05 Å². The number of aryl methyl sites for hydroxylation is 1. The zero-order valence-electron chi connectivity index (χ0n) is 10.4. The van der Waals surface area contributed by atoms with E-state index in [0.717, 1.165) is 5.69 Å². The van der Waals surface area contributed by atoms with Crippen LogP contribution in [0.4, 0.5) is 0 Å². The smallest absolute Gasteiger partial charge is 0.229 e. The number of hydrogen-bond donors (Lipinski definition) is 0. The van der Waals surface area contributed by atoms with Gasteiger partial charge in [-0.05, 0) is 6.07 Å². The van der Waals surface area contributed by atoms with E-state index in [9.17, 15) is 0 Å². The van der Waals surface area contributed by atoms with Gasteiger partial charge in [0.25, 0.3) is 0 Å². The molecule has 2 aromatic heterocycles. The fraction of sp³-hybridized carbons (Fsp3) is 0.545. The van der Waals surface area contributed by atoms with Gasteiger partial charge in [-0.2, -0.15) is 10.1 Å². The second-order valence-electron chi connectivity index (χ2n) is 3.49. The molecule has 5 nitrogen and oxygen atoms in total. The van der Waals surface area contributed by atoms with Crippen molar-refractivity contribution in [1.29, 1.82) is 0 Å². The predicted octanol–water partition coefficient (Wildman–Crippen LogP) is 2.62. The minimum absolute atomic E-state index is 0.250. The Morgan fingerprint density at radius 2 is 2.00 bits per heavy atom. The first-order valence-corrected chi connectivity index (χ1v) is 5.50. The van der Waals surface area contributed by atoms with Crippen LogP contribution in [0.15, 0.2) is 16.8 Å². The second-order valence-corrected chi connectivity index (χ2v) is 3.49. The van der Waals surface area contributed by atoms with Gasteiger partial charge in [0.15, 0.2) is 0 Å². The van der Waals surface area contributed by atoms with Crippen LogP contribution < -0.4 is 0 Å². The molecular formula is C11H18N4O. The van der Waals surface area contributed by atoms with Crippen molar-refractivity contribution in [2.45, 2.75) is 33.6 Å². The Labute approximate surface area is 95.5 Å². The second kappa shape index (κ2) is 5.44. The van der Waals surface area contributed by atoms with Crippen LogP contribution in [0.2, 0.25) is 0 Å². The van der Waals surface area contributed by atoms with Crippen molar-refractivity contribution in [3.05, 3.63) is 18.2 Å². The molecule has 2 rings (SSSR count). The van der Waals surface area contributed by atoms with E-state index in [-0.39, 0.29) is 5.92 Å². The molecule has 0 atom stereocenters. The van der Waals surface area contributed by atoms with Gasteiger partial charge in [0.1, 0.15) is 5.69 Å². The average molecular weight is 222 g/mol. The zero-order valence-corrected chi connectivity index (χ0v) is 10.4. The van der Waals surface area contributed by atoms with Crippen LogP contribution in [0.1, 0.15) is 39.5 Å². The Kier molecular flexibility index (Phi) is 4.22. The molecular weight excluding hydrogens is 204 g/mol. The van der Waals surface area contributed by atoms with E-state index in [1.54, 1.807) is 4.68 Å². The molecule has 0 bridgehead atoms. The molecule has 0 saturated carbocycles. The number of nitrogens with zero attached hydrogens (tertiary/aromatic N) is 4. The Hall–Kier alpha value is -1.65. The summed E-state index contributed by atoms with van der Waals surface area (Å²) in [6.07, 6.45) is 1.85. The molecule has 0 amide bonds. The molecule has 2 heterocycles. The summed E-state index contributed by atoms with van der Waals surface area (Å²) in [6.45, 7) is 8.02. The van der Waals surface area contributed by atoms with E-state index >= 15 is 0 Å². The highest BCUT2D eigenvalue weighted by molar-refractivity contribution is 5.46. The molecule has 0 fully saturated rings. The van der Waals surface area contributed by atoms with Gasteiger partial charge in [0.2, 0.25) is 11.7 Å². The molecule has 0 spiro atoms. The highest BCUT2D eigenvalue weighted by Gasteiger charge is 2.12. The van der Waals surface area contributed by atoms with Crippen molar-refractivity contribution in [3.8, 4) is 11.5 Å². The molecule has 0 saturated heterocycles. The van der Waals surface area contributed by atoms with Crippen molar-refractivity contribution in [2.75, 3.05) is 0 Å². The number of hydrogen-bond acceptors (Lipinski definition) is 4. The third-order valence-electron chi connectivity index (χ3n) is 1.88. The van der Waals surface area contributed by atoms with E-state index in [4.69, 9.17) is 4.52 Å². The SMILES string of the molecule is CC.CC(C)c1nc(-c2ccn(C)n2)no1. The molecule has 88 valence electrons. The van der Waals surface area contributed by atoms with Crippen molar-refractivity contribution >= 4 is 0 Å². The molecule has 0 aromatic carbocycles. The number of aromatic nitrogens is 4. The van der Waals surface area contributed by atoms with E-state index in [0.29, 0.717) is 11.7 Å². The maximum atomic E-state index is 5.08. The first-order chi connectivity index (χ1) is 7.66. The maximum Gasteiger partial charge on any atom is 0.229 e. The third kappa shape index (κ3) is 2.68. The minimum atomic E-state index is 0.250. The fourth-order valence-corrected chi connectivity index (χ4v) is 1.11. The summed E-state index contributed by atoms with van der Waals surface area (Å²) >= 11 is 0. The van der Waals surface area contributed by atoms with Crippen LogP contribution in [-0.2, 0) is 7.05 Å². The van der Waals surface area contributed by atoms with Crippen LogP contribution in [0.5, 0.6) is 0 Å². The van der Waals surface area contributed by atoms with Gasteiger partial charge in [-0.3, -0.25) is 4.68 Å². The highest BCUT2D eigenvalue weighted by Crippen LogP contribution is 2.17. The van der Waals surface area contributed by atoms with E-state index in [1.807, 2.05) is 47.0 Å². The lowest BCUT2D eigenvalue weighted by molar-refractivity contribution is 0.365. The lowest BCUT2D eigenvalue weighted by atomic mass is 10.2. The first kappa shape index (κ1) is 12.4. The van der Waals surface area contributed by atoms with Crippen LogP contribution >= 0.6 is 0 Å². The molecule has 0 aliphatic rings. The standard InChI is InChI=1S/C9H12N4O.C2H6/c1-6(2)9-10-8(12-14-9)7-4-5-13(3)11-7;1-2/h4-6H,1-3H3;1-2H3. The first-order valence-electron chi connectivity index (χ1n) is 5.50. The highest BCUT2D eigenvalue weighted by atomic mass is 16.5. The average Bonchev–Trinajstić information content (AvgIpc) is 2.88. The van der Waals surface area contributed by atoms with Gasteiger partial charge >= 0.3 is 0 Å². The van der Waals surface area contributed by atoms with Crippen LogP contribution in [0.25, 0.3) is 11.5 Å². The van der Waals surface area contributed by atoms with Crippen LogP contribution in [0.3, 0.4) is 0 Å². The normalized spacial score (nSPS) is 10.1. The van der Waals surface area contributed by atoms with Gasteiger partial charge in [0.05, 0.1) is 0 Å². The van der Waals surface area contributed by atoms with Crippen LogP contribution in [-0.4, -0.2) is 19.9 Å². The Morgan fingerprint density at radius 3 is 2.44 bits per heavy atom. The lowest BCUT2D eigenvalue weighted by Gasteiger charge is -1.91. The lowest BCUT2D eigenvalue weighted by Crippen LogP contribution is -1.90. The van der Waals surface area contributed by atoms with Gasteiger partial charge in [0, 0.05) is 19.2 Å². The summed E-state index contributed by atoms with van der Waals surface area (Å²) < 4.78 is 6.79. The van der Waals surface area contributed by atoms with Gasteiger partial charge < -0.3 is 4.52 Å². The molecule has 0 radical (unpaired) electrons. The van der Waals surface area contributed by atoms with Crippen LogP contribution in [0, 0.1) is 0 Å². The molecule has 0 aliphatic heterocycles. The predicted molar refractivity (Wildman–Crippen MR) is 61.9 cm³/mol. The van der Waals surface area contributed by atoms with Gasteiger partial charge in [-0.1, -0.05) is 32.9 Å². The molecule has 0 aliphatic carbocycles. The number of rotatable bonds is 2. The monoisotopic (exact) mass is 222 g/mol. The zero-order chi connectivity index (χ0) is 12.1. The van der Waals surface area contributed by atoms with E-state index in [1.165, 1.54) is 0 Å². The summed E-state index contributed by atoms with van der Waals surface area (Å²) in [5, 5.41) is 8.04. The topological polar surface area (TPSA) is 56.7 Å². The Morgan fingerprint density at radius 1 is 1.31 bits per heavy atom. The van der Waals surface area contributed by atoms with Crippen molar-refractivity contribution in [1.82, 2.24) is 19.9 Å². The molecule has 0 N–H and O–H groups in total. The summed E-state index contributed by atoms with van der Waals surface area (Å²) in [4.78, 5) is 4.24. The molecule has 5 heteroatoms. The van der Waals surface area contributed by atoms with Gasteiger partial charge in [-0.15, -0.1) is 0 Å². The maximum absolute atomic E-state index is 5.08. The largest absolute Gasteiger partial charge is 0.339 e. The Bertz CT molecular complexity index is 431. The molecule has 2 aromatic rings.